The number of hydrogen-bond donors (Lipinski definition) is 0. The number of imidazole rings is 1. The molecule has 0 radical (unpaired) electrons. The molecule has 4 aromatic rings. The molecule has 3 nitrogen and oxygen atoms in total. The Morgan fingerprint density at radius 1 is 1.10 bits per heavy atom. The van der Waals surface area contributed by atoms with Crippen molar-refractivity contribution in [3.8, 4) is 0 Å². The topological polar surface area (TPSA) is 30.2 Å². The first kappa shape index (κ1) is 11.7. The minimum Gasteiger partial charge on any atom is -0.281 e. The predicted octanol–water partition coefficient (Wildman–Crippen LogP) is 4.12. The molecule has 0 aliphatic carbocycles. The quantitative estimate of drug-likeness (QED) is 0.488. The molecular weight excluding hydrogens is 287 g/mol. The molecule has 1 aromatic carbocycles. The second-order valence-electron chi connectivity index (χ2n) is 4.37. The van der Waals surface area contributed by atoms with E-state index in [2.05, 4.69) is 9.97 Å². The lowest BCUT2D eigenvalue weighted by atomic mass is 10.2. The monoisotopic (exact) mass is 293 g/mol. The SMILES string of the molecule is FC(F)(F)c1cnc2sc3nc4ccccc4n3c2c1. The number of halogens is 3. The second kappa shape index (κ2) is 3.69. The minimum absolute atomic E-state index is 0.438. The van der Waals surface area contributed by atoms with Crippen LogP contribution in [0.4, 0.5) is 13.2 Å². The van der Waals surface area contributed by atoms with Crippen LogP contribution in [0.3, 0.4) is 0 Å². The number of thiazole rings is 1. The maximum atomic E-state index is 12.8. The second-order valence-corrected chi connectivity index (χ2v) is 5.32. The Labute approximate surface area is 114 Å². The molecule has 0 unspecified atom stereocenters. The Bertz CT molecular complexity index is 952. The van der Waals surface area contributed by atoms with Gasteiger partial charge in [0, 0.05) is 6.20 Å². The number of para-hydroxylation sites is 2. The lowest BCUT2D eigenvalue weighted by molar-refractivity contribution is -0.137. The van der Waals surface area contributed by atoms with Crippen molar-refractivity contribution in [2.75, 3.05) is 0 Å². The summed E-state index contributed by atoms with van der Waals surface area (Å²) in [5.74, 6) is 0. The molecule has 100 valence electrons. The average Bonchev–Trinajstić information content (AvgIpc) is 2.91. The number of nitrogens with zero attached hydrogens (tertiary/aromatic N) is 3. The van der Waals surface area contributed by atoms with Crippen LogP contribution in [0.2, 0.25) is 0 Å². The fourth-order valence-corrected chi connectivity index (χ4v) is 3.19. The van der Waals surface area contributed by atoms with E-state index in [0.717, 1.165) is 23.3 Å². The summed E-state index contributed by atoms with van der Waals surface area (Å²) >= 11 is 1.28. The number of hydrogen-bond acceptors (Lipinski definition) is 3. The van der Waals surface area contributed by atoms with Crippen LogP contribution in [0.15, 0.2) is 36.5 Å². The highest BCUT2D eigenvalue weighted by Gasteiger charge is 2.31. The van der Waals surface area contributed by atoms with Crippen molar-refractivity contribution in [1.29, 1.82) is 0 Å². The first-order chi connectivity index (χ1) is 9.54. The van der Waals surface area contributed by atoms with Gasteiger partial charge in [-0.3, -0.25) is 4.40 Å². The van der Waals surface area contributed by atoms with Gasteiger partial charge in [-0.25, -0.2) is 9.97 Å². The lowest BCUT2D eigenvalue weighted by Crippen LogP contribution is -2.05. The molecule has 3 aromatic heterocycles. The maximum absolute atomic E-state index is 12.8. The zero-order valence-electron chi connectivity index (χ0n) is 9.85. The van der Waals surface area contributed by atoms with E-state index in [1.54, 1.807) is 4.40 Å². The minimum atomic E-state index is -4.40. The molecule has 0 aliphatic heterocycles. The standard InChI is InChI=1S/C13H6F3N3S/c14-13(15,16)7-5-10-11(17-6-7)20-12-18-8-3-1-2-4-9(8)19(10)12/h1-6H. The third-order valence-electron chi connectivity index (χ3n) is 3.12. The van der Waals surface area contributed by atoms with Gasteiger partial charge in [-0.05, 0) is 18.2 Å². The third-order valence-corrected chi connectivity index (χ3v) is 4.08. The van der Waals surface area contributed by atoms with E-state index in [1.165, 1.54) is 11.3 Å². The first-order valence-corrected chi connectivity index (χ1v) is 6.58. The molecule has 0 amide bonds. The van der Waals surface area contributed by atoms with Crippen LogP contribution in [0, 0.1) is 0 Å². The van der Waals surface area contributed by atoms with Gasteiger partial charge in [-0.1, -0.05) is 23.5 Å². The fraction of sp³-hybridized carbons (Fsp3) is 0.0769. The summed E-state index contributed by atoms with van der Waals surface area (Å²) in [7, 11) is 0. The van der Waals surface area contributed by atoms with E-state index in [9.17, 15) is 13.2 Å². The summed E-state index contributed by atoms with van der Waals surface area (Å²) < 4.78 is 40.1. The molecule has 7 heteroatoms. The molecule has 20 heavy (non-hydrogen) atoms. The zero-order valence-corrected chi connectivity index (χ0v) is 10.7. The van der Waals surface area contributed by atoms with Crippen molar-refractivity contribution in [3.63, 3.8) is 0 Å². The smallest absolute Gasteiger partial charge is 0.281 e. The average molecular weight is 293 g/mol. The molecule has 0 fully saturated rings. The molecular formula is C13H6F3N3S. The van der Waals surface area contributed by atoms with Gasteiger partial charge in [-0.2, -0.15) is 13.2 Å². The Morgan fingerprint density at radius 2 is 1.90 bits per heavy atom. The predicted molar refractivity (Wildman–Crippen MR) is 70.9 cm³/mol. The van der Waals surface area contributed by atoms with E-state index in [1.807, 2.05) is 24.3 Å². The van der Waals surface area contributed by atoms with Crippen LogP contribution in [0.25, 0.3) is 26.3 Å². The molecule has 0 bridgehead atoms. The van der Waals surface area contributed by atoms with Gasteiger partial charge in [0.15, 0.2) is 4.96 Å². The largest absolute Gasteiger partial charge is 0.417 e. The summed E-state index contributed by atoms with van der Waals surface area (Å²) in [6, 6.07) is 8.48. The number of alkyl halides is 3. The van der Waals surface area contributed by atoms with Gasteiger partial charge >= 0.3 is 6.18 Å². The Balaban J connectivity index is 2.16. The highest BCUT2D eigenvalue weighted by molar-refractivity contribution is 7.23. The van der Waals surface area contributed by atoms with E-state index in [4.69, 9.17) is 0 Å². The summed E-state index contributed by atoms with van der Waals surface area (Å²) in [4.78, 5) is 9.50. The fourth-order valence-electron chi connectivity index (χ4n) is 2.23. The van der Waals surface area contributed by atoms with Crippen molar-refractivity contribution in [3.05, 3.63) is 42.1 Å². The molecule has 3 heterocycles. The molecule has 4 rings (SSSR count). The molecule has 0 N–H and O–H groups in total. The molecule has 0 saturated heterocycles. The van der Waals surface area contributed by atoms with Crippen molar-refractivity contribution >= 4 is 37.7 Å². The number of rotatable bonds is 0. The van der Waals surface area contributed by atoms with Gasteiger partial charge in [0.25, 0.3) is 0 Å². The number of fused-ring (bicyclic) bond motifs is 5. The highest BCUT2D eigenvalue weighted by Crippen LogP contribution is 2.34. The van der Waals surface area contributed by atoms with E-state index >= 15 is 0 Å². The number of benzene rings is 1. The van der Waals surface area contributed by atoms with Crippen molar-refractivity contribution < 1.29 is 13.2 Å². The van der Waals surface area contributed by atoms with Crippen molar-refractivity contribution in [2.24, 2.45) is 0 Å². The van der Waals surface area contributed by atoms with Crippen LogP contribution in [0.1, 0.15) is 5.56 Å². The third kappa shape index (κ3) is 1.53. The Kier molecular flexibility index (Phi) is 2.15. The summed E-state index contributed by atoms with van der Waals surface area (Å²) in [5.41, 5.74) is 1.24. The van der Waals surface area contributed by atoms with Gasteiger partial charge in [0.1, 0.15) is 4.83 Å². The first-order valence-electron chi connectivity index (χ1n) is 5.77. The van der Waals surface area contributed by atoms with Gasteiger partial charge in [-0.15, -0.1) is 0 Å². The van der Waals surface area contributed by atoms with Crippen LogP contribution < -0.4 is 0 Å². The zero-order chi connectivity index (χ0) is 13.9. The van der Waals surface area contributed by atoms with Crippen LogP contribution in [-0.2, 0) is 6.18 Å². The van der Waals surface area contributed by atoms with E-state index in [0.29, 0.717) is 15.3 Å². The Morgan fingerprint density at radius 3 is 2.70 bits per heavy atom. The summed E-state index contributed by atoms with van der Waals surface area (Å²) in [5, 5.41) is 0. The summed E-state index contributed by atoms with van der Waals surface area (Å²) in [6.45, 7) is 0. The highest BCUT2D eigenvalue weighted by atomic mass is 32.1. The molecule has 0 saturated carbocycles. The molecule has 0 spiro atoms. The molecule has 0 aliphatic rings. The van der Waals surface area contributed by atoms with Crippen molar-refractivity contribution in [2.45, 2.75) is 6.18 Å². The van der Waals surface area contributed by atoms with Crippen LogP contribution in [-0.4, -0.2) is 14.4 Å². The van der Waals surface area contributed by atoms with Crippen LogP contribution >= 0.6 is 11.3 Å². The summed E-state index contributed by atoms with van der Waals surface area (Å²) in [6.07, 6.45) is -3.54. The van der Waals surface area contributed by atoms with E-state index < -0.39 is 11.7 Å². The van der Waals surface area contributed by atoms with Gasteiger partial charge in [0.2, 0.25) is 0 Å². The van der Waals surface area contributed by atoms with Crippen molar-refractivity contribution in [1.82, 2.24) is 14.4 Å². The molecule has 0 atom stereocenters. The number of aromatic nitrogens is 3. The van der Waals surface area contributed by atoms with E-state index in [-0.39, 0.29) is 0 Å². The Hall–Kier alpha value is -2.15. The van der Waals surface area contributed by atoms with Crippen LogP contribution in [0.5, 0.6) is 0 Å². The normalized spacial score (nSPS) is 12.8. The van der Waals surface area contributed by atoms with Gasteiger partial charge < -0.3 is 0 Å². The lowest BCUT2D eigenvalue weighted by Gasteiger charge is -2.05. The number of pyridine rings is 1. The maximum Gasteiger partial charge on any atom is 0.417 e. The van der Waals surface area contributed by atoms with Gasteiger partial charge in [0.05, 0.1) is 22.1 Å².